The second kappa shape index (κ2) is 7.40. The lowest BCUT2D eigenvalue weighted by Gasteiger charge is -2.31. The van der Waals surface area contributed by atoms with Crippen LogP contribution >= 0.6 is 0 Å². The molecule has 1 aromatic heterocycles. The van der Waals surface area contributed by atoms with Crippen molar-refractivity contribution in [1.82, 2.24) is 10.3 Å². The first-order chi connectivity index (χ1) is 13.8. The fourth-order valence-electron chi connectivity index (χ4n) is 4.44. The summed E-state index contributed by atoms with van der Waals surface area (Å²) in [6.07, 6.45) is -3.61. The lowest BCUT2D eigenvalue weighted by Crippen LogP contribution is -2.42. The van der Waals surface area contributed by atoms with E-state index in [1.54, 1.807) is 19.2 Å². The first-order valence-electron chi connectivity index (χ1n) is 9.85. The fourth-order valence-corrected chi connectivity index (χ4v) is 4.44. The highest BCUT2D eigenvalue weighted by atomic mass is 19.4. The zero-order chi connectivity index (χ0) is 20.8. The van der Waals surface area contributed by atoms with Crippen molar-refractivity contribution >= 4 is 17.1 Å². The van der Waals surface area contributed by atoms with Crippen molar-refractivity contribution in [1.29, 1.82) is 0 Å². The van der Waals surface area contributed by atoms with Crippen LogP contribution in [0.1, 0.15) is 36.1 Å². The number of pyridine rings is 1. The molecule has 8 heteroatoms. The standard InChI is InChI=1S/C21H25F3N4O/c1-4-29-20-17(6-5-12(2)26-20)27-13-9-14-15-11-25-8-7-18(15)28(3)19(14)16(10-13)21(22,23)24/h5-6,9-10,15,18,25,27H,4,7-8,11H2,1-3H3. The molecule has 156 valence electrons. The number of nitrogens with zero attached hydrogens (tertiary/aromatic N) is 2. The van der Waals surface area contributed by atoms with Crippen LogP contribution in [0.5, 0.6) is 5.88 Å². The van der Waals surface area contributed by atoms with Crippen LogP contribution in [0.15, 0.2) is 24.3 Å². The molecule has 2 N–H and O–H groups in total. The molecule has 2 aliphatic rings. The van der Waals surface area contributed by atoms with E-state index in [0.717, 1.165) is 24.2 Å². The Kier molecular flexibility index (Phi) is 5.06. The summed E-state index contributed by atoms with van der Waals surface area (Å²) in [6.45, 7) is 5.60. The zero-order valence-electron chi connectivity index (χ0n) is 16.7. The molecule has 0 saturated carbocycles. The number of piperidine rings is 1. The molecule has 0 spiro atoms. The van der Waals surface area contributed by atoms with E-state index >= 15 is 0 Å². The molecule has 2 atom stereocenters. The van der Waals surface area contributed by atoms with Gasteiger partial charge in [-0.1, -0.05) is 0 Å². The van der Waals surface area contributed by atoms with E-state index in [-0.39, 0.29) is 12.0 Å². The Labute approximate surface area is 168 Å². The average molecular weight is 406 g/mol. The van der Waals surface area contributed by atoms with Gasteiger partial charge in [-0.3, -0.25) is 0 Å². The number of benzene rings is 1. The van der Waals surface area contributed by atoms with Crippen LogP contribution in [0.25, 0.3) is 0 Å². The first-order valence-corrected chi connectivity index (χ1v) is 9.85. The number of halogens is 3. The summed E-state index contributed by atoms with van der Waals surface area (Å²) in [4.78, 5) is 6.17. The van der Waals surface area contributed by atoms with Gasteiger partial charge in [0.15, 0.2) is 0 Å². The Morgan fingerprint density at radius 2 is 2.10 bits per heavy atom. The van der Waals surface area contributed by atoms with E-state index in [9.17, 15) is 13.2 Å². The predicted octanol–water partition coefficient (Wildman–Crippen LogP) is 4.45. The number of rotatable bonds is 4. The van der Waals surface area contributed by atoms with Crippen molar-refractivity contribution in [3.8, 4) is 5.88 Å². The normalized spacial score (nSPS) is 21.0. The van der Waals surface area contributed by atoms with Crippen molar-refractivity contribution in [3.63, 3.8) is 0 Å². The number of ether oxygens (including phenoxy) is 1. The molecule has 2 aromatic rings. The third kappa shape index (κ3) is 3.61. The first kappa shape index (κ1) is 19.8. The number of alkyl halides is 3. The molecule has 0 radical (unpaired) electrons. The quantitative estimate of drug-likeness (QED) is 0.786. The van der Waals surface area contributed by atoms with E-state index in [1.807, 2.05) is 24.8 Å². The van der Waals surface area contributed by atoms with E-state index < -0.39 is 11.7 Å². The maximum Gasteiger partial charge on any atom is 0.418 e. The summed E-state index contributed by atoms with van der Waals surface area (Å²) in [5.41, 5.74) is 2.15. The Morgan fingerprint density at radius 3 is 2.83 bits per heavy atom. The van der Waals surface area contributed by atoms with Gasteiger partial charge < -0.3 is 20.3 Å². The van der Waals surface area contributed by atoms with Gasteiger partial charge in [0.1, 0.15) is 5.69 Å². The topological polar surface area (TPSA) is 49.4 Å². The van der Waals surface area contributed by atoms with E-state index in [1.165, 1.54) is 6.07 Å². The molecule has 5 nitrogen and oxygen atoms in total. The summed E-state index contributed by atoms with van der Waals surface area (Å²) in [5, 5.41) is 6.43. The number of fused-ring (bicyclic) bond motifs is 3. The predicted molar refractivity (Wildman–Crippen MR) is 107 cm³/mol. The van der Waals surface area contributed by atoms with Crippen molar-refractivity contribution < 1.29 is 17.9 Å². The molecule has 3 heterocycles. The molecule has 4 rings (SSSR count). The second-order valence-corrected chi connectivity index (χ2v) is 7.60. The van der Waals surface area contributed by atoms with Crippen LogP contribution in [0.3, 0.4) is 0 Å². The molecule has 0 aliphatic carbocycles. The highest BCUT2D eigenvalue weighted by molar-refractivity contribution is 5.75. The molecule has 1 saturated heterocycles. The number of likely N-dealkylation sites (N-methyl/N-ethyl adjacent to an activating group) is 1. The van der Waals surface area contributed by atoms with Crippen LogP contribution in [0.2, 0.25) is 0 Å². The molecule has 29 heavy (non-hydrogen) atoms. The van der Waals surface area contributed by atoms with Crippen LogP contribution in [-0.2, 0) is 6.18 Å². The van der Waals surface area contributed by atoms with Gasteiger partial charge >= 0.3 is 6.18 Å². The summed E-state index contributed by atoms with van der Waals surface area (Å²) in [5.74, 6) is 0.421. The summed E-state index contributed by atoms with van der Waals surface area (Å²) in [6, 6.07) is 6.70. The number of anilines is 3. The van der Waals surface area contributed by atoms with E-state index in [2.05, 4.69) is 15.6 Å². The van der Waals surface area contributed by atoms with Crippen molar-refractivity contribution in [2.45, 2.75) is 38.4 Å². The summed E-state index contributed by atoms with van der Waals surface area (Å²) < 4.78 is 47.4. The van der Waals surface area contributed by atoms with Gasteiger partial charge in [-0.25, -0.2) is 4.98 Å². The van der Waals surface area contributed by atoms with Crippen LogP contribution < -0.4 is 20.3 Å². The van der Waals surface area contributed by atoms with Gasteiger partial charge in [0.2, 0.25) is 5.88 Å². The van der Waals surface area contributed by atoms with Gasteiger partial charge in [-0.2, -0.15) is 13.2 Å². The monoisotopic (exact) mass is 406 g/mol. The maximum absolute atomic E-state index is 14.0. The Hall–Kier alpha value is -2.48. The van der Waals surface area contributed by atoms with Crippen LogP contribution in [-0.4, -0.2) is 37.8 Å². The summed E-state index contributed by atoms with van der Waals surface area (Å²) in [7, 11) is 1.77. The molecule has 1 fully saturated rings. The number of aryl methyl sites for hydroxylation is 1. The largest absolute Gasteiger partial charge is 0.476 e. The Balaban J connectivity index is 1.79. The third-order valence-corrected chi connectivity index (χ3v) is 5.70. The van der Waals surface area contributed by atoms with Gasteiger partial charge in [0.05, 0.1) is 17.9 Å². The number of nitrogens with one attached hydrogen (secondary N) is 2. The van der Waals surface area contributed by atoms with Gasteiger partial charge in [0.25, 0.3) is 0 Å². The number of hydrogen-bond donors (Lipinski definition) is 2. The lowest BCUT2D eigenvalue weighted by atomic mass is 9.89. The SMILES string of the molecule is CCOc1nc(C)ccc1Nc1cc2c(c(C(F)(F)F)c1)N(C)C1CCNCC21. The minimum absolute atomic E-state index is 0.0362. The molecule has 2 unspecified atom stereocenters. The van der Waals surface area contributed by atoms with Crippen molar-refractivity contribution in [2.24, 2.45) is 0 Å². The van der Waals surface area contributed by atoms with Crippen LogP contribution in [0, 0.1) is 6.92 Å². The fraction of sp³-hybridized carbons (Fsp3) is 0.476. The van der Waals surface area contributed by atoms with E-state index in [0.29, 0.717) is 36.1 Å². The van der Waals surface area contributed by atoms with Crippen molar-refractivity contribution in [3.05, 3.63) is 41.1 Å². The molecule has 0 amide bonds. The molecule has 0 bridgehead atoms. The lowest BCUT2D eigenvalue weighted by molar-refractivity contribution is -0.137. The Bertz CT molecular complexity index is 916. The highest BCUT2D eigenvalue weighted by Gasteiger charge is 2.45. The number of aromatic nitrogens is 1. The smallest absolute Gasteiger partial charge is 0.418 e. The highest BCUT2D eigenvalue weighted by Crippen LogP contribution is 2.50. The average Bonchev–Trinajstić information content (AvgIpc) is 2.96. The van der Waals surface area contributed by atoms with E-state index in [4.69, 9.17) is 4.74 Å². The van der Waals surface area contributed by atoms with Gasteiger partial charge in [-0.15, -0.1) is 0 Å². The number of hydrogen-bond acceptors (Lipinski definition) is 5. The minimum atomic E-state index is -4.44. The minimum Gasteiger partial charge on any atom is -0.476 e. The van der Waals surface area contributed by atoms with Crippen molar-refractivity contribution in [2.75, 3.05) is 37.0 Å². The zero-order valence-corrected chi connectivity index (χ0v) is 16.7. The molecule has 1 aromatic carbocycles. The Morgan fingerprint density at radius 1 is 1.31 bits per heavy atom. The molecule has 2 aliphatic heterocycles. The van der Waals surface area contributed by atoms with Gasteiger partial charge in [0, 0.05) is 36.9 Å². The summed E-state index contributed by atoms with van der Waals surface area (Å²) >= 11 is 0. The molecular weight excluding hydrogens is 381 g/mol. The van der Waals surface area contributed by atoms with Gasteiger partial charge in [-0.05, 0) is 56.6 Å². The second-order valence-electron chi connectivity index (χ2n) is 7.60. The maximum atomic E-state index is 14.0. The molecular formula is C21H25F3N4O. The van der Waals surface area contributed by atoms with Crippen LogP contribution in [0.4, 0.5) is 30.2 Å². The third-order valence-electron chi connectivity index (χ3n) is 5.70.